The minimum absolute atomic E-state index is 0.111. The molecule has 0 saturated heterocycles. The Kier molecular flexibility index (Phi) is 2.20. The molecular formula is C15H16O. The first-order valence-electron chi connectivity index (χ1n) is 6.04. The van der Waals surface area contributed by atoms with E-state index in [-0.39, 0.29) is 11.8 Å². The highest BCUT2D eigenvalue weighted by Gasteiger charge is 2.43. The van der Waals surface area contributed by atoms with Gasteiger partial charge in [0.15, 0.2) is 0 Å². The van der Waals surface area contributed by atoms with E-state index in [1.165, 1.54) is 5.56 Å². The Morgan fingerprint density at radius 1 is 1.12 bits per heavy atom. The molecule has 1 fully saturated rings. The van der Waals surface area contributed by atoms with Crippen LogP contribution in [-0.2, 0) is 4.79 Å². The summed E-state index contributed by atoms with van der Waals surface area (Å²) >= 11 is 0. The van der Waals surface area contributed by atoms with Gasteiger partial charge in [-0.15, -0.1) is 0 Å². The van der Waals surface area contributed by atoms with Crippen LogP contribution >= 0.6 is 0 Å². The molecule has 0 amide bonds. The Morgan fingerprint density at radius 3 is 2.62 bits per heavy atom. The minimum atomic E-state index is 0.111. The first-order chi connectivity index (χ1) is 7.77. The number of benzene rings is 1. The van der Waals surface area contributed by atoms with Crippen LogP contribution < -0.4 is 0 Å². The molecule has 2 aliphatic rings. The summed E-state index contributed by atoms with van der Waals surface area (Å²) in [6.45, 7) is 2.21. The van der Waals surface area contributed by atoms with Crippen molar-refractivity contribution >= 4 is 5.78 Å². The van der Waals surface area contributed by atoms with Crippen molar-refractivity contribution in [1.29, 1.82) is 0 Å². The summed E-state index contributed by atoms with van der Waals surface area (Å²) in [7, 11) is 0. The molecule has 4 atom stereocenters. The number of carbonyl (C=O) groups is 1. The average molecular weight is 212 g/mol. The standard InChI is InChI=1S/C15H16O/c1-10-12-7-8-13(9-12)15(16)14(10)11-5-3-2-4-6-11/h2-8,10,12-14H,9H2,1H3/t10-,12+,13-,14+/m1/s1. The van der Waals surface area contributed by atoms with Crippen molar-refractivity contribution in [3.05, 3.63) is 48.0 Å². The topological polar surface area (TPSA) is 17.1 Å². The van der Waals surface area contributed by atoms with Gasteiger partial charge in [-0.05, 0) is 23.8 Å². The Bertz CT molecular complexity index is 432. The zero-order chi connectivity index (χ0) is 11.1. The summed E-state index contributed by atoms with van der Waals surface area (Å²) in [6.07, 6.45) is 5.41. The summed E-state index contributed by atoms with van der Waals surface area (Å²) in [5, 5.41) is 0. The maximum atomic E-state index is 12.3. The van der Waals surface area contributed by atoms with Crippen LogP contribution in [0.5, 0.6) is 0 Å². The summed E-state index contributed by atoms with van der Waals surface area (Å²) in [4.78, 5) is 12.3. The maximum absolute atomic E-state index is 12.3. The van der Waals surface area contributed by atoms with E-state index in [1.54, 1.807) is 0 Å². The molecule has 0 aliphatic heterocycles. The highest BCUT2D eigenvalue weighted by atomic mass is 16.1. The van der Waals surface area contributed by atoms with Gasteiger partial charge >= 0.3 is 0 Å². The lowest BCUT2D eigenvalue weighted by Crippen LogP contribution is -2.33. The zero-order valence-corrected chi connectivity index (χ0v) is 9.47. The maximum Gasteiger partial charge on any atom is 0.147 e. The quantitative estimate of drug-likeness (QED) is 0.653. The third-order valence-corrected chi connectivity index (χ3v) is 4.15. The van der Waals surface area contributed by atoms with Crippen LogP contribution in [0.3, 0.4) is 0 Å². The zero-order valence-electron chi connectivity index (χ0n) is 9.47. The fraction of sp³-hybridized carbons (Fsp3) is 0.400. The van der Waals surface area contributed by atoms with E-state index in [9.17, 15) is 4.79 Å². The van der Waals surface area contributed by atoms with Crippen LogP contribution in [0.25, 0.3) is 0 Å². The molecule has 2 aliphatic carbocycles. The summed E-state index contributed by atoms with van der Waals surface area (Å²) in [6, 6.07) is 10.2. The molecule has 1 heteroatoms. The second-order valence-corrected chi connectivity index (χ2v) is 5.04. The number of Topliss-reactive ketones (excluding diaryl/α,β-unsaturated/α-hetero) is 1. The molecule has 2 bridgehead atoms. The highest BCUT2D eigenvalue weighted by Crippen LogP contribution is 2.45. The normalized spacial score (nSPS) is 36.7. The Balaban J connectivity index is 1.99. The lowest BCUT2D eigenvalue weighted by atomic mass is 9.69. The predicted octanol–water partition coefficient (Wildman–Crippen LogP) is 3.18. The first-order valence-corrected chi connectivity index (χ1v) is 6.04. The van der Waals surface area contributed by atoms with Gasteiger partial charge in [0.1, 0.15) is 5.78 Å². The van der Waals surface area contributed by atoms with E-state index < -0.39 is 0 Å². The number of fused-ring (bicyclic) bond motifs is 2. The van der Waals surface area contributed by atoms with Crippen LogP contribution in [0.4, 0.5) is 0 Å². The van der Waals surface area contributed by atoms with E-state index in [2.05, 4.69) is 31.2 Å². The highest BCUT2D eigenvalue weighted by molar-refractivity contribution is 5.91. The van der Waals surface area contributed by atoms with Gasteiger partial charge in [0.25, 0.3) is 0 Å². The van der Waals surface area contributed by atoms with Gasteiger partial charge in [0, 0.05) is 11.8 Å². The number of hydrogen-bond donors (Lipinski definition) is 0. The first kappa shape index (κ1) is 9.83. The van der Waals surface area contributed by atoms with E-state index in [0.717, 1.165) is 6.42 Å². The van der Waals surface area contributed by atoms with Crippen LogP contribution in [0.15, 0.2) is 42.5 Å². The van der Waals surface area contributed by atoms with Gasteiger partial charge in [-0.2, -0.15) is 0 Å². The number of hydrogen-bond acceptors (Lipinski definition) is 1. The Hall–Kier alpha value is -1.37. The van der Waals surface area contributed by atoms with Gasteiger partial charge in [-0.25, -0.2) is 0 Å². The van der Waals surface area contributed by atoms with Gasteiger partial charge in [0.05, 0.1) is 0 Å². The molecule has 0 radical (unpaired) electrons. The van der Waals surface area contributed by atoms with Crippen LogP contribution in [-0.4, -0.2) is 5.78 Å². The molecular weight excluding hydrogens is 196 g/mol. The molecule has 1 saturated carbocycles. The third-order valence-electron chi connectivity index (χ3n) is 4.15. The van der Waals surface area contributed by atoms with Crippen molar-refractivity contribution < 1.29 is 4.79 Å². The molecule has 0 unspecified atom stereocenters. The molecule has 0 heterocycles. The van der Waals surface area contributed by atoms with Gasteiger partial charge < -0.3 is 0 Å². The van der Waals surface area contributed by atoms with Crippen LogP contribution in [0.2, 0.25) is 0 Å². The molecule has 1 aromatic carbocycles. The largest absolute Gasteiger partial charge is 0.298 e. The lowest BCUT2D eigenvalue weighted by Gasteiger charge is -2.33. The van der Waals surface area contributed by atoms with Crippen molar-refractivity contribution in [2.45, 2.75) is 19.3 Å². The average Bonchev–Trinajstić information content (AvgIpc) is 2.75. The monoisotopic (exact) mass is 212 g/mol. The third kappa shape index (κ3) is 1.35. The van der Waals surface area contributed by atoms with Crippen LogP contribution in [0, 0.1) is 17.8 Å². The second-order valence-electron chi connectivity index (χ2n) is 5.04. The summed E-state index contributed by atoms with van der Waals surface area (Å²) < 4.78 is 0. The summed E-state index contributed by atoms with van der Waals surface area (Å²) in [5.74, 6) is 1.77. The van der Waals surface area contributed by atoms with Crippen molar-refractivity contribution in [2.24, 2.45) is 17.8 Å². The minimum Gasteiger partial charge on any atom is -0.298 e. The molecule has 0 N–H and O–H groups in total. The van der Waals surface area contributed by atoms with E-state index in [0.29, 0.717) is 17.6 Å². The predicted molar refractivity (Wildman–Crippen MR) is 64.1 cm³/mol. The van der Waals surface area contributed by atoms with Gasteiger partial charge in [0.2, 0.25) is 0 Å². The molecule has 1 nitrogen and oxygen atoms in total. The number of rotatable bonds is 1. The van der Waals surface area contributed by atoms with Crippen molar-refractivity contribution in [3.63, 3.8) is 0 Å². The number of ketones is 1. The van der Waals surface area contributed by atoms with Gasteiger partial charge in [-0.3, -0.25) is 4.79 Å². The SMILES string of the molecule is C[C@H]1[C@@H](c2ccccc2)C(=O)[C@@H]2C=C[C@H]1C2. The van der Waals surface area contributed by atoms with Crippen LogP contribution in [0.1, 0.15) is 24.8 Å². The van der Waals surface area contributed by atoms with Gasteiger partial charge in [-0.1, -0.05) is 49.4 Å². The molecule has 3 rings (SSSR count). The molecule has 16 heavy (non-hydrogen) atoms. The van der Waals surface area contributed by atoms with E-state index in [1.807, 2.05) is 18.2 Å². The fourth-order valence-corrected chi connectivity index (χ4v) is 3.19. The second kappa shape index (κ2) is 3.58. The van der Waals surface area contributed by atoms with E-state index >= 15 is 0 Å². The van der Waals surface area contributed by atoms with Crippen molar-refractivity contribution in [2.75, 3.05) is 0 Å². The fourth-order valence-electron chi connectivity index (χ4n) is 3.19. The number of allylic oxidation sites excluding steroid dienone is 2. The molecule has 0 aromatic heterocycles. The Labute approximate surface area is 96.2 Å². The van der Waals surface area contributed by atoms with Crippen molar-refractivity contribution in [3.8, 4) is 0 Å². The van der Waals surface area contributed by atoms with Crippen molar-refractivity contribution in [1.82, 2.24) is 0 Å². The van der Waals surface area contributed by atoms with E-state index in [4.69, 9.17) is 0 Å². The smallest absolute Gasteiger partial charge is 0.147 e. The Morgan fingerprint density at radius 2 is 1.88 bits per heavy atom. The summed E-state index contributed by atoms with van der Waals surface area (Å²) in [5.41, 5.74) is 1.19. The molecule has 82 valence electrons. The lowest BCUT2D eigenvalue weighted by molar-refractivity contribution is -0.126. The molecule has 1 aromatic rings. The number of carbonyl (C=O) groups excluding carboxylic acids is 1. The molecule has 0 spiro atoms.